The van der Waals surface area contributed by atoms with Gasteiger partial charge in [0.2, 0.25) is 17.8 Å². The topological polar surface area (TPSA) is 74.2 Å². The molecule has 1 saturated carbocycles. The van der Waals surface area contributed by atoms with Gasteiger partial charge in [-0.2, -0.15) is 0 Å². The van der Waals surface area contributed by atoms with E-state index < -0.39 is 0 Å². The van der Waals surface area contributed by atoms with Crippen LogP contribution in [0.1, 0.15) is 44.1 Å². The normalized spacial score (nSPS) is 18.6. The lowest BCUT2D eigenvalue weighted by molar-refractivity contribution is -0.132. The Bertz CT molecular complexity index is 770. The molecule has 2 amide bonds. The zero-order valence-corrected chi connectivity index (χ0v) is 15.7. The van der Waals surface area contributed by atoms with Crippen molar-refractivity contribution in [1.29, 1.82) is 0 Å². The second kappa shape index (κ2) is 7.58. The number of carbonyl (C=O) groups excluding carboxylic acids is 2. The van der Waals surface area contributed by atoms with Crippen LogP contribution < -0.4 is 10.1 Å². The maximum Gasteiger partial charge on any atom is 0.246 e. The molecule has 1 aliphatic carbocycles. The van der Waals surface area contributed by atoms with E-state index in [-0.39, 0.29) is 11.8 Å². The third kappa shape index (κ3) is 3.91. The Balaban J connectivity index is 1.26. The molecule has 7 heteroatoms. The van der Waals surface area contributed by atoms with Gasteiger partial charge in [-0.05, 0) is 37.5 Å². The van der Waals surface area contributed by atoms with Crippen LogP contribution in [0.25, 0.3) is 0 Å². The Morgan fingerprint density at radius 2 is 2.15 bits per heavy atom. The largest absolute Gasteiger partial charge is 0.494 e. The number of nitrogens with one attached hydrogen (secondary N) is 1. The highest BCUT2D eigenvalue weighted by atomic mass is 16.5. The average molecular weight is 370 g/mol. The molecule has 0 aromatic heterocycles. The highest BCUT2D eigenvalue weighted by molar-refractivity contribution is 6.05. The molecule has 0 spiro atoms. The lowest BCUT2D eigenvalue weighted by Crippen LogP contribution is -2.35. The SMILES string of the molecule is CN(C(=O)CCCOc1ccc2c(c1)CN1CC(=O)NC1=N2)C1CCCC1. The van der Waals surface area contributed by atoms with E-state index in [0.29, 0.717) is 44.5 Å². The average Bonchev–Trinajstić information content (AvgIpc) is 3.31. The summed E-state index contributed by atoms with van der Waals surface area (Å²) in [6.45, 7) is 1.51. The van der Waals surface area contributed by atoms with Gasteiger partial charge in [0.25, 0.3) is 0 Å². The fourth-order valence-electron chi connectivity index (χ4n) is 4.01. The van der Waals surface area contributed by atoms with E-state index in [1.165, 1.54) is 12.8 Å². The fraction of sp³-hybridized carbons (Fsp3) is 0.550. The van der Waals surface area contributed by atoms with Crippen molar-refractivity contribution in [3.05, 3.63) is 23.8 Å². The van der Waals surface area contributed by atoms with Crippen LogP contribution in [0.5, 0.6) is 5.75 Å². The van der Waals surface area contributed by atoms with Gasteiger partial charge in [-0.15, -0.1) is 0 Å². The summed E-state index contributed by atoms with van der Waals surface area (Å²) < 4.78 is 5.84. The van der Waals surface area contributed by atoms with Crippen LogP contribution in [0.2, 0.25) is 0 Å². The number of amides is 2. The molecular weight excluding hydrogens is 344 g/mol. The molecule has 144 valence electrons. The van der Waals surface area contributed by atoms with Crippen LogP contribution >= 0.6 is 0 Å². The predicted molar refractivity (Wildman–Crippen MR) is 102 cm³/mol. The summed E-state index contributed by atoms with van der Waals surface area (Å²) in [6, 6.07) is 6.21. The first kappa shape index (κ1) is 17.8. The summed E-state index contributed by atoms with van der Waals surface area (Å²) in [7, 11) is 1.93. The first-order valence-electron chi connectivity index (χ1n) is 9.75. The Morgan fingerprint density at radius 3 is 2.96 bits per heavy atom. The molecule has 2 aliphatic heterocycles. The molecule has 1 N–H and O–H groups in total. The van der Waals surface area contributed by atoms with Crippen LogP contribution in [0.15, 0.2) is 23.2 Å². The summed E-state index contributed by atoms with van der Waals surface area (Å²) in [6.07, 6.45) is 5.97. The molecule has 3 aliphatic rings. The van der Waals surface area contributed by atoms with Crippen LogP contribution in [0.3, 0.4) is 0 Å². The number of benzene rings is 1. The third-order valence-corrected chi connectivity index (χ3v) is 5.59. The zero-order chi connectivity index (χ0) is 18.8. The number of hydrogen-bond donors (Lipinski definition) is 1. The van der Waals surface area contributed by atoms with Gasteiger partial charge in [0.15, 0.2) is 0 Å². The number of fused-ring (bicyclic) bond motifs is 2. The highest BCUT2D eigenvalue weighted by Crippen LogP contribution is 2.30. The molecule has 2 heterocycles. The van der Waals surface area contributed by atoms with Crippen LogP contribution in [-0.4, -0.2) is 53.8 Å². The molecule has 1 aromatic carbocycles. The fourth-order valence-corrected chi connectivity index (χ4v) is 4.01. The van der Waals surface area contributed by atoms with Gasteiger partial charge >= 0.3 is 0 Å². The monoisotopic (exact) mass is 370 g/mol. The summed E-state index contributed by atoms with van der Waals surface area (Å²) in [5.74, 6) is 1.60. The van der Waals surface area contributed by atoms with Crippen molar-refractivity contribution in [3.8, 4) is 5.75 Å². The van der Waals surface area contributed by atoms with Gasteiger partial charge in [-0.3, -0.25) is 14.9 Å². The molecular formula is C20H26N4O3. The maximum atomic E-state index is 12.3. The van der Waals surface area contributed by atoms with Gasteiger partial charge in [-0.1, -0.05) is 12.8 Å². The van der Waals surface area contributed by atoms with Crippen LogP contribution in [0, 0.1) is 0 Å². The number of carbonyl (C=O) groups is 2. The molecule has 0 unspecified atom stereocenters. The number of rotatable bonds is 6. The van der Waals surface area contributed by atoms with Gasteiger partial charge in [-0.25, -0.2) is 4.99 Å². The Hall–Kier alpha value is -2.57. The van der Waals surface area contributed by atoms with E-state index in [0.717, 1.165) is 29.8 Å². The van der Waals surface area contributed by atoms with Crippen molar-refractivity contribution < 1.29 is 14.3 Å². The Kier molecular flexibility index (Phi) is 5.01. The van der Waals surface area contributed by atoms with Crippen molar-refractivity contribution in [3.63, 3.8) is 0 Å². The van der Waals surface area contributed by atoms with E-state index >= 15 is 0 Å². The van der Waals surface area contributed by atoms with Gasteiger partial charge in [0.05, 0.1) is 12.3 Å². The number of ether oxygens (including phenoxy) is 1. The van der Waals surface area contributed by atoms with Crippen molar-refractivity contribution in [1.82, 2.24) is 15.1 Å². The minimum Gasteiger partial charge on any atom is -0.494 e. The maximum absolute atomic E-state index is 12.3. The van der Waals surface area contributed by atoms with Crippen molar-refractivity contribution in [2.45, 2.75) is 51.1 Å². The first-order valence-corrected chi connectivity index (χ1v) is 9.75. The second-order valence-corrected chi connectivity index (χ2v) is 7.53. The Labute approximate surface area is 159 Å². The minimum atomic E-state index is -0.0229. The molecule has 1 aromatic rings. The number of nitrogens with zero attached hydrogens (tertiary/aromatic N) is 3. The molecule has 27 heavy (non-hydrogen) atoms. The number of guanidine groups is 1. The molecule has 2 fully saturated rings. The molecule has 0 atom stereocenters. The number of aliphatic imine (C=N–C) groups is 1. The van der Waals surface area contributed by atoms with Crippen molar-refractivity contribution in [2.75, 3.05) is 20.2 Å². The second-order valence-electron chi connectivity index (χ2n) is 7.53. The van der Waals surface area contributed by atoms with E-state index in [9.17, 15) is 9.59 Å². The lowest BCUT2D eigenvalue weighted by atomic mass is 10.1. The number of hydrogen-bond acceptors (Lipinski definition) is 5. The first-order chi connectivity index (χ1) is 13.1. The van der Waals surface area contributed by atoms with Crippen LogP contribution in [0.4, 0.5) is 5.69 Å². The van der Waals surface area contributed by atoms with Gasteiger partial charge in [0.1, 0.15) is 12.3 Å². The lowest BCUT2D eigenvalue weighted by Gasteiger charge is -2.24. The van der Waals surface area contributed by atoms with Crippen LogP contribution in [-0.2, 0) is 16.1 Å². The van der Waals surface area contributed by atoms with E-state index in [2.05, 4.69) is 10.3 Å². The standard InChI is InChI=1S/C20H26N4O3/c1-23(15-5-2-3-6-15)19(26)7-4-10-27-16-8-9-17-14(11-16)12-24-13-18(25)22-20(24)21-17/h8-9,11,15H,2-7,10,12-13H2,1H3,(H,21,22,25). The van der Waals surface area contributed by atoms with E-state index in [1.807, 2.05) is 35.0 Å². The smallest absolute Gasteiger partial charge is 0.246 e. The quantitative estimate of drug-likeness (QED) is 0.779. The van der Waals surface area contributed by atoms with Crippen molar-refractivity contribution >= 4 is 23.5 Å². The van der Waals surface area contributed by atoms with E-state index in [4.69, 9.17) is 4.74 Å². The molecule has 7 nitrogen and oxygen atoms in total. The third-order valence-electron chi connectivity index (χ3n) is 5.59. The molecule has 1 saturated heterocycles. The summed E-state index contributed by atoms with van der Waals surface area (Å²) in [4.78, 5) is 32.1. The summed E-state index contributed by atoms with van der Waals surface area (Å²) in [5.41, 5.74) is 1.91. The highest BCUT2D eigenvalue weighted by Gasteiger charge is 2.29. The van der Waals surface area contributed by atoms with Crippen molar-refractivity contribution in [2.24, 2.45) is 4.99 Å². The molecule has 0 radical (unpaired) electrons. The Morgan fingerprint density at radius 1 is 1.33 bits per heavy atom. The minimum absolute atomic E-state index is 0.0229. The van der Waals surface area contributed by atoms with Gasteiger partial charge < -0.3 is 14.5 Å². The summed E-state index contributed by atoms with van der Waals surface area (Å²) in [5, 5.41) is 2.76. The summed E-state index contributed by atoms with van der Waals surface area (Å²) >= 11 is 0. The molecule has 4 rings (SSSR count). The van der Waals surface area contributed by atoms with Gasteiger partial charge in [0, 0.05) is 31.6 Å². The zero-order valence-electron chi connectivity index (χ0n) is 15.7. The molecule has 0 bridgehead atoms. The van der Waals surface area contributed by atoms with E-state index in [1.54, 1.807) is 0 Å². The predicted octanol–water partition coefficient (Wildman–Crippen LogP) is 2.18.